The smallest absolute Gasteiger partial charge is 0.232 e. The van der Waals surface area contributed by atoms with Crippen LogP contribution < -0.4 is 4.74 Å². The number of rotatable bonds is 5. The predicted molar refractivity (Wildman–Crippen MR) is 57.1 cm³/mol. The molecule has 1 atom stereocenters. The third-order valence-electron chi connectivity index (χ3n) is 1.76. The Hall–Kier alpha value is -0.840. The van der Waals surface area contributed by atoms with Crippen LogP contribution in [0.5, 0.6) is 5.88 Å². The number of aromatic nitrogens is 1. The van der Waals surface area contributed by atoms with Crippen LogP contribution in [0.4, 0.5) is 0 Å². The lowest BCUT2D eigenvalue weighted by Crippen LogP contribution is -2.18. The number of ether oxygens (including phenoxy) is 2. The second-order valence-electron chi connectivity index (χ2n) is 3.17. The van der Waals surface area contributed by atoms with Gasteiger partial charge in [0, 0.05) is 13.3 Å². The summed E-state index contributed by atoms with van der Waals surface area (Å²) in [6, 6.07) is 1.63. The first-order valence-electron chi connectivity index (χ1n) is 4.58. The van der Waals surface area contributed by atoms with Gasteiger partial charge in [0.05, 0.1) is 13.2 Å². The second-order valence-corrected chi connectivity index (χ2v) is 3.58. The normalized spacial score (nSPS) is 12.5. The molecule has 1 rings (SSSR count). The number of pyridine rings is 1. The van der Waals surface area contributed by atoms with Crippen molar-refractivity contribution < 1.29 is 14.6 Å². The molecular weight excluding hydrogens is 218 g/mol. The Labute approximate surface area is 93.8 Å². The van der Waals surface area contributed by atoms with E-state index in [2.05, 4.69) is 4.98 Å². The minimum absolute atomic E-state index is 0.0827. The Kier molecular flexibility index (Phi) is 4.81. The van der Waals surface area contributed by atoms with Crippen LogP contribution in [0.2, 0.25) is 5.02 Å². The highest BCUT2D eigenvalue weighted by atomic mass is 35.5. The molecule has 0 aromatic carbocycles. The highest BCUT2D eigenvalue weighted by Gasteiger charge is 2.09. The van der Waals surface area contributed by atoms with E-state index in [-0.39, 0.29) is 12.7 Å². The van der Waals surface area contributed by atoms with Crippen LogP contribution >= 0.6 is 11.6 Å². The fourth-order valence-electron chi connectivity index (χ4n) is 1.10. The standard InChI is InChI=1S/C10H14ClNO3/c1-7(6-14-2)15-10-9(11)3-8(5-13)4-12-10/h3-4,7,13H,5-6H2,1-2H3. The lowest BCUT2D eigenvalue weighted by molar-refractivity contribution is 0.0890. The first kappa shape index (κ1) is 12.2. The fourth-order valence-corrected chi connectivity index (χ4v) is 1.33. The summed E-state index contributed by atoms with van der Waals surface area (Å²) in [6.45, 7) is 2.25. The minimum Gasteiger partial charge on any atom is -0.471 e. The van der Waals surface area contributed by atoms with Crippen molar-refractivity contribution >= 4 is 11.6 Å². The molecule has 1 heterocycles. The quantitative estimate of drug-likeness (QED) is 0.837. The van der Waals surface area contributed by atoms with Crippen LogP contribution in [0.15, 0.2) is 12.3 Å². The van der Waals surface area contributed by atoms with Crippen molar-refractivity contribution in [2.24, 2.45) is 0 Å². The number of nitrogens with zero attached hydrogens (tertiary/aromatic N) is 1. The maximum absolute atomic E-state index is 8.86. The maximum atomic E-state index is 8.86. The first-order chi connectivity index (χ1) is 7.17. The van der Waals surface area contributed by atoms with Crippen LogP contribution in [0, 0.1) is 0 Å². The van der Waals surface area contributed by atoms with Crippen molar-refractivity contribution in [1.29, 1.82) is 0 Å². The molecule has 0 saturated carbocycles. The largest absolute Gasteiger partial charge is 0.471 e. The van der Waals surface area contributed by atoms with Gasteiger partial charge in [-0.05, 0) is 18.6 Å². The van der Waals surface area contributed by atoms with Crippen molar-refractivity contribution in [3.8, 4) is 5.88 Å². The average Bonchev–Trinajstić information content (AvgIpc) is 2.21. The SMILES string of the molecule is COCC(C)Oc1ncc(CO)cc1Cl. The Bertz CT molecular complexity index is 320. The highest BCUT2D eigenvalue weighted by Crippen LogP contribution is 2.23. The van der Waals surface area contributed by atoms with Gasteiger partial charge < -0.3 is 14.6 Å². The summed E-state index contributed by atoms with van der Waals surface area (Å²) in [5.74, 6) is 0.360. The third-order valence-corrected chi connectivity index (χ3v) is 2.03. The van der Waals surface area contributed by atoms with E-state index < -0.39 is 0 Å². The van der Waals surface area contributed by atoms with Gasteiger partial charge in [-0.3, -0.25) is 0 Å². The molecule has 0 fully saturated rings. The molecule has 84 valence electrons. The van der Waals surface area contributed by atoms with Crippen molar-refractivity contribution in [3.05, 3.63) is 22.8 Å². The molecule has 0 aliphatic rings. The number of aliphatic hydroxyl groups excluding tert-OH is 1. The Balaban J connectivity index is 2.69. The van der Waals surface area contributed by atoms with E-state index in [0.29, 0.717) is 23.1 Å². The van der Waals surface area contributed by atoms with Gasteiger partial charge in [-0.2, -0.15) is 0 Å². The van der Waals surface area contributed by atoms with E-state index in [1.165, 1.54) is 6.20 Å². The van der Waals surface area contributed by atoms with Gasteiger partial charge in [0.25, 0.3) is 0 Å². The molecule has 0 aliphatic heterocycles. The van der Waals surface area contributed by atoms with Gasteiger partial charge in [0.2, 0.25) is 5.88 Å². The number of aliphatic hydroxyl groups is 1. The lowest BCUT2D eigenvalue weighted by atomic mass is 10.3. The van der Waals surface area contributed by atoms with E-state index in [4.69, 9.17) is 26.2 Å². The first-order valence-corrected chi connectivity index (χ1v) is 4.96. The third kappa shape index (κ3) is 3.66. The zero-order valence-electron chi connectivity index (χ0n) is 8.74. The van der Waals surface area contributed by atoms with Gasteiger partial charge in [0.15, 0.2) is 0 Å². The topological polar surface area (TPSA) is 51.6 Å². The van der Waals surface area contributed by atoms with E-state index in [0.717, 1.165) is 0 Å². The van der Waals surface area contributed by atoms with Crippen molar-refractivity contribution in [1.82, 2.24) is 4.98 Å². The van der Waals surface area contributed by atoms with Crippen LogP contribution in [0.3, 0.4) is 0 Å². The van der Waals surface area contributed by atoms with E-state index in [9.17, 15) is 0 Å². The molecule has 0 radical (unpaired) electrons. The van der Waals surface area contributed by atoms with Gasteiger partial charge in [-0.1, -0.05) is 11.6 Å². The average molecular weight is 232 g/mol. The molecule has 15 heavy (non-hydrogen) atoms. The van der Waals surface area contributed by atoms with Gasteiger partial charge in [-0.25, -0.2) is 4.98 Å². The zero-order valence-corrected chi connectivity index (χ0v) is 9.49. The molecule has 0 amide bonds. The number of hydrogen-bond acceptors (Lipinski definition) is 4. The highest BCUT2D eigenvalue weighted by molar-refractivity contribution is 6.31. The van der Waals surface area contributed by atoms with E-state index >= 15 is 0 Å². The van der Waals surface area contributed by atoms with Gasteiger partial charge in [-0.15, -0.1) is 0 Å². The van der Waals surface area contributed by atoms with Crippen LogP contribution in [0.1, 0.15) is 12.5 Å². The molecule has 0 bridgehead atoms. The fraction of sp³-hybridized carbons (Fsp3) is 0.500. The molecule has 0 spiro atoms. The van der Waals surface area contributed by atoms with Crippen molar-refractivity contribution in [2.75, 3.05) is 13.7 Å². The molecular formula is C10H14ClNO3. The minimum atomic E-state index is -0.111. The monoisotopic (exact) mass is 231 g/mol. The molecule has 0 aliphatic carbocycles. The summed E-state index contributed by atoms with van der Waals surface area (Å²) < 4.78 is 10.4. The Morgan fingerprint density at radius 3 is 2.87 bits per heavy atom. The summed E-state index contributed by atoms with van der Waals surface area (Å²) in [5.41, 5.74) is 0.659. The molecule has 5 heteroatoms. The Morgan fingerprint density at radius 1 is 1.60 bits per heavy atom. The number of methoxy groups -OCH3 is 1. The molecule has 1 N–H and O–H groups in total. The van der Waals surface area contributed by atoms with Crippen molar-refractivity contribution in [2.45, 2.75) is 19.6 Å². The summed E-state index contributed by atoms with van der Waals surface area (Å²) in [4.78, 5) is 4.00. The van der Waals surface area contributed by atoms with E-state index in [1.54, 1.807) is 13.2 Å². The summed E-state index contributed by atoms with van der Waals surface area (Å²) in [5, 5.41) is 9.25. The van der Waals surface area contributed by atoms with Crippen LogP contribution in [-0.2, 0) is 11.3 Å². The summed E-state index contributed by atoms with van der Waals surface area (Å²) in [6.07, 6.45) is 1.42. The molecule has 4 nitrogen and oxygen atoms in total. The summed E-state index contributed by atoms with van der Waals surface area (Å²) in [7, 11) is 1.60. The Morgan fingerprint density at radius 2 is 2.33 bits per heavy atom. The molecule has 1 aromatic rings. The van der Waals surface area contributed by atoms with Crippen LogP contribution in [0.25, 0.3) is 0 Å². The van der Waals surface area contributed by atoms with E-state index in [1.807, 2.05) is 6.92 Å². The molecule has 1 aromatic heterocycles. The molecule has 1 unspecified atom stereocenters. The lowest BCUT2D eigenvalue weighted by Gasteiger charge is -2.13. The number of hydrogen-bond donors (Lipinski definition) is 1. The van der Waals surface area contributed by atoms with Gasteiger partial charge in [0.1, 0.15) is 11.1 Å². The predicted octanol–water partition coefficient (Wildman–Crippen LogP) is 1.64. The van der Waals surface area contributed by atoms with Crippen LogP contribution in [-0.4, -0.2) is 29.9 Å². The molecule has 0 saturated heterocycles. The number of halogens is 1. The van der Waals surface area contributed by atoms with Gasteiger partial charge >= 0.3 is 0 Å². The summed E-state index contributed by atoms with van der Waals surface area (Å²) >= 11 is 5.91. The maximum Gasteiger partial charge on any atom is 0.232 e. The second kappa shape index (κ2) is 5.90. The zero-order chi connectivity index (χ0) is 11.3. The van der Waals surface area contributed by atoms with Crippen molar-refractivity contribution in [3.63, 3.8) is 0 Å².